The summed E-state index contributed by atoms with van der Waals surface area (Å²) in [5.41, 5.74) is 4.84. The molecule has 0 N–H and O–H groups in total. The Labute approximate surface area is 143 Å². The molecule has 124 valence electrons. The van der Waals surface area contributed by atoms with Gasteiger partial charge in [-0.15, -0.1) is 0 Å². The second-order valence-electron chi connectivity index (χ2n) is 7.05. The Morgan fingerprint density at radius 1 is 1.08 bits per heavy atom. The molecule has 0 unspecified atom stereocenters. The molecule has 2 aromatic carbocycles. The lowest BCUT2D eigenvalue weighted by Crippen LogP contribution is -2.15. The summed E-state index contributed by atoms with van der Waals surface area (Å²) in [6, 6.07) is 16.2. The van der Waals surface area contributed by atoms with Crippen LogP contribution in [0.5, 0.6) is 0 Å². The lowest BCUT2D eigenvalue weighted by atomic mass is 10.0. The summed E-state index contributed by atoms with van der Waals surface area (Å²) >= 11 is 0. The molecule has 3 nitrogen and oxygen atoms in total. The molecule has 0 aliphatic heterocycles. The van der Waals surface area contributed by atoms with Crippen LogP contribution in [0, 0.1) is 0 Å². The van der Waals surface area contributed by atoms with E-state index in [1.807, 2.05) is 36.4 Å². The lowest BCUT2D eigenvalue weighted by Gasteiger charge is -2.16. The number of nitrogens with zero attached hydrogens (tertiary/aromatic N) is 2. The quantitative estimate of drug-likeness (QED) is 0.563. The van der Waals surface area contributed by atoms with Crippen LogP contribution in [0.15, 0.2) is 57.9 Å². The van der Waals surface area contributed by atoms with Gasteiger partial charge in [-0.25, -0.2) is 4.98 Å². The molecule has 0 saturated heterocycles. The molecule has 0 atom stereocenters. The zero-order valence-corrected chi connectivity index (χ0v) is 14.8. The van der Waals surface area contributed by atoms with Crippen LogP contribution < -0.4 is 0 Å². The van der Waals surface area contributed by atoms with Crippen molar-refractivity contribution in [2.45, 2.75) is 46.1 Å². The van der Waals surface area contributed by atoms with Crippen LogP contribution in [0.2, 0.25) is 0 Å². The second-order valence-corrected chi connectivity index (χ2v) is 7.05. The summed E-state index contributed by atoms with van der Waals surface area (Å²) in [7, 11) is 0. The van der Waals surface area contributed by atoms with Crippen molar-refractivity contribution in [3.8, 4) is 11.5 Å². The molecule has 0 fully saturated rings. The van der Waals surface area contributed by atoms with E-state index in [0.29, 0.717) is 5.89 Å². The van der Waals surface area contributed by atoms with Gasteiger partial charge in [0.15, 0.2) is 5.58 Å². The Bertz CT molecular complexity index is 854. The van der Waals surface area contributed by atoms with E-state index in [2.05, 4.69) is 44.8 Å². The predicted octanol–water partition coefficient (Wildman–Crippen LogP) is 5.88. The molecule has 1 heterocycles. The zero-order chi connectivity index (χ0) is 17.2. The highest BCUT2D eigenvalue weighted by molar-refractivity contribution is 6.02. The average molecular weight is 320 g/mol. The molecule has 0 aliphatic rings. The third-order valence-electron chi connectivity index (χ3n) is 3.70. The Balaban J connectivity index is 2.03. The van der Waals surface area contributed by atoms with Crippen molar-refractivity contribution >= 4 is 16.8 Å². The van der Waals surface area contributed by atoms with Crippen LogP contribution in [0.3, 0.4) is 0 Å². The molecule has 24 heavy (non-hydrogen) atoms. The monoisotopic (exact) mass is 320 g/mol. The van der Waals surface area contributed by atoms with Gasteiger partial charge >= 0.3 is 0 Å². The van der Waals surface area contributed by atoms with E-state index >= 15 is 0 Å². The number of hydrogen-bond donors (Lipinski definition) is 0. The predicted molar refractivity (Wildman–Crippen MR) is 101 cm³/mol. The van der Waals surface area contributed by atoms with Crippen LogP contribution in [0.1, 0.15) is 46.1 Å². The molecule has 3 heteroatoms. The highest BCUT2D eigenvalue weighted by atomic mass is 16.3. The van der Waals surface area contributed by atoms with Crippen molar-refractivity contribution in [2.24, 2.45) is 4.99 Å². The van der Waals surface area contributed by atoms with E-state index in [0.717, 1.165) is 40.8 Å². The summed E-state index contributed by atoms with van der Waals surface area (Å²) in [6.07, 6.45) is 2.03. The van der Waals surface area contributed by atoms with Crippen LogP contribution in [0.4, 0.5) is 0 Å². The topological polar surface area (TPSA) is 38.4 Å². The van der Waals surface area contributed by atoms with Gasteiger partial charge in [0.05, 0.1) is 5.54 Å². The fourth-order valence-electron chi connectivity index (χ4n) is 2.71. The largest absolute Gasteiger partial charge is 0.436 e. The number of benzene rings is 2. The molecule has 0 radical (unpaired) electrons. The Hall–Kier alpha value is -2.42. The van der Waals surface area contributed by atoms with Gasteiger partial charge in [0.25, 0.3) is 0 Å². The van der Waals surface area contributed by atoms with E-state index in [4.69, 9.17) is 9.41 Å². The van der Waals surface area contributed by atoms with Gasteiger partial charge in [0, 0.05) is 11.3 Å². The van der Waals surface area contributed by atoms with Crippen molar-refractivity contribution in [1.82, 2.24) is 4.98 Å². The standard InChI is InChI=1S/C21H24N2O/c1-5-9-17(23-21(2,3)4)16-12-13-18-19(14-16)24-20(22-18)15-10-7-6-8-11-15/h6-8,10-14H,5,9H2,1-4H3. The molecule has 0 spiro atoms. The molecule has 3 aromatic rings. The molecule has 0 aliphatic carbocycles. The first-order valence-electron chi connectivity index (χ1n) is 8.51. The van der Waals surface area contributed by atoms with Crippen molar-refractivity contribution in [2.75, 3.05) is 0 Å². The first-order valence-corrected chi connectivity index (χ1v) is 8.51. The number of rotatable bonds is 4. The molecule has 1 aromatic heterocycles. The second kappa shape index (κ2) is 6.60. The third-order valence-corrected chi connectivity index (χ3v) is 3.70. The number of oxazole rings is 1. The number of aromatic nitrogens is 1. The first kappa shape index (κ1) is 16.4. The normalized spacial score (nSPS) is 12.8. The van der Waals surface area contributed by atoms with Gasteiger partial charge in [0.2, 0.25) is 5.89 Å². The van der Waals surface area contributed by atoms with Gasteiger partial charge < -0.3 is 4.42 Å². The molecule has 0 saturated carbocycles. The third kappa shape index (κ3) is 3.73. The van der Waals surface area contributed by atoms with Crippen LogP contribution in [0.25, 0.3) is 22.6 Å². The maximum absolute atomic E-state index is 5.99. The van der Waals surface area contributed by atoms with E-state index in [9.17, 15) is 0 Å². The van der Waals surface area contributed by atoms with Gasteiger partial charge in [-0.05, 0) is 57.0 Å². The maximum atomic E-state index is 5.99. The summed E-state index contributed by atoms with van der Waals surface area (Å²) in [4.78, 5) is 9.49. The van der Waals surface area contributed by atoms with Gasteiger partial charge in [-0.1, -0.05) is 37.6 Å². The summed E-state index contributed by atoms with van der Waals surface area (Å²) in [6.45, 7) is 8.56. The number of aliphatic imine (C=N–C) groups is 1. The van der Waals surface area contributed by atoms with Crippen LogP contribution in [-0.4, -0.2) is 16.2 Å². The van der Waals surface area contributed by atoms with E-state index in [-0.39, 0.29) is 5.54 Å². The number of fused-ring (bicyclic) bond motifs is 1. The van der Waals surface area contributed by atoms with Crippen molar-refractivity contribution in [3.05, 3.63) is 54.1 Å². The molecule has 0 amide bonds. The first-order chi connectivity index (χ1) is 11.5. The lowest BCUT2D eigenvalue weighted by molar-refractivity contribution is 0.581. The Kier molecular flexibility index (Phi) is 4.52. The summed E-state index contributed by atoms with van der Waals surface area (Å²) in [5, 5.41) is 0. The minimum atomic E-state index is -0.0872. The van der Waals surface area contributed by atoms with Gasteiger partial charge in [0.1, 0.15) is 5.52 Å². The van der Waals surface area contributed by atoms with Crippen LogP contribution in [-0.2, 0) is 0 Å². The van der Waals surface area contributed by atoms with Gasteiger partial charge in [-0.3, -0.25) is 4.99 Å². The molecular formula is C21H24N2O. The molecule has 0 bridgehead atoms. The fourth-order valence-corrected chi connectivity index (χ4v) is 2.71. The highest BCUT2D eigenvalue weighted by Crippen LogP contribution is 2.26. The Morgan fingerprint density at radius 3 is 2.50 bits per heavy atom. The van der Waals surface area contributed by atoms with Crippen molar-refractivity contribution in [3.63, 3.8) is 0 Å². The number of hydrogen-bond acceptors (Lipinski definition) is 3. The highest BCUT2D eigenvalue weighted by Gasteiger charge is 2.14. The maximum Gasteiger partial charge on any atom is 0.227 e. The summed E-state index contributed by atoms with van der Waals surface area (Å²) < 4.78 is 5.99. The Morgan fingerprint density at radius 2 is 1.83 bits per heavy atom. The van der Waals surface area contributed by atoms with Crippen LogP contribution >= 0.6 is 0 Å². The molecular weight excluding hydrogens is 296 g/mol. The SMILES string of the molecule is CCCC(=NC(C)(C)C)c1ccc2nc(-c3ccccc3)oc2c1. The minimum absolute atomic E-state index is 0.0872. The van der Waals surface area contributed by atoms with Gasteiger partial charge in [-0.2, -0.15) is 0 Å². The van der Waals surface area contributed by atoms with Crippen molar-refractivity contribution in [1.29, 1.82) is 0 Å². The smallest absolute Gasteiger partial charge is 0.227 e. The van der Waals surface area contributed by atoms with E-state index < -0.39 is 0 Å². The van der Waals surface area contributed by atoms with E-state index in [1.54, 1.807) is 0 Å². The zero-order valence-electron chi connectivity index (χ0n) is 14.8. The van der Waals surface area contributed by atoms with Crippen molar-refractivity contribution < 1.29 is 4.42 Å². The minimum Gasteiger partial charge on any atom is -0.436 e. The average Bonchev–Trinajstić information content (AvgIpc) is 2.97. The fraction of sp³-hybridized carbons (Fsp3) is 0.333. The van der Waals surface area contributed by atoms with E-state index in [1.165, 1.54) is 0 Å². The molecule has 3 rings (SSSR count). The summed E-state index contributed by atoms with van der Waals surface area (Å²) in [5.74, 6) is 0.660.